The van der Waals surface area contributed by atoms with Crippen LogP contribution in [0, 0.1) is 12.5 Å². The summed E-state index contributed by atoms with van der Waals surface area (Å²) < 4.78 is 5.21. The molecule has 0 amide bonds. The molecule has 1 unspecified atom stereocenters. The Morgan fingerprint density at radius 3 is 2.56 bits per heavy atom. The topological polar surface area (TPSA) is 9.23 Å². The number of ether oxygens (including phenoxy) is 1. The highest BCUT2D eigenvalue weighted by Crippen LogP contribution is 2.01. The minimum absolute atomic E-state index is 0.702. The van der Waals surface area contributed by atoms with Gasteiger partial charge in [-0.2, -0.15) is 0 Å². The van der Waals surface area contributed by atoms with Crippen molar-refractivity contribution in [3.05, 3.63) is 6.61 Å². The first-order chi connectivity index (χ1) is 4.31. The van der Waals surface area contributed by atoms with Crippen molar-refractivity contribution in [1.82, 2.24) is 0 Å². The van der Waals surface area contributed by atoms with Gasteiger partial charge in [-0.15, -0.1) is 0 Å². The van der Waals surface area contributed by atoms with Gasteiger partial charge in [-0.05, 0) is 12.3 Å². The van der Waals surface area contributed by atoms with Gasteiger partial charge < -0.3 is 4.74 Å². The average Bonchev–Trinajstić information content (AvgIpc) is 1.89. The highest BCUT2D eigenvalue weighted by atomic mass is 16.5. The predicted molar refractivity (Wildman–Crippen MR) is 40.0 cm³/mol. The van der Waals surface area contributed by atoms with Crippen LogP contribution in [0.15, 0.2) is 0 Å². The van der Waals surface area contributed by atoms with E-state index in [1.54, 1.807) is 0 Å². The number of hydrogen-bond donors (Lipinski definition) is 0. The van der Waals surface area contributed by atoms with E-state index in [-0.39, 0.29) is 0 Å². The Balaban J connectivity index is 2.88. The Bertz CT molecular complexity index is 52.5. The van der Waals surface area contributed by atoms with Gasteiger partial charge in [-0.3, -0.25) is 0 Å². The van der Waals surface area contributed by atoms with Gasteiger partial charge in [0.05, 0.1) is 6.61 Å². The van der Waals surface area contributed by atoms with Gasteiger partial charge in [0.1, 0.15) is 0 Å². The summed E-state index contributed by atoms with van der Waals surface area (Å²) in [6.45, 7) is 9.20. The van der Waals surface area contributed by atoms with Crippen molar-refractivity contribution in [3.8, 4) is 0 Å². The van der Waals surface area contributed by atoms with Gasteiger partial charge in [0.2, 0.25) is 0 Å². The minimum atomic E-state index is 0.702. The van der Waals surface area contributed by atoms with Crippen LogP contribution in [0.4, 0.5) is 0 Å². The molecule has 1 heteroatoms. The van der Waals surface area contributed by atoms with Crippen LogP contribution >= 0.6 is 0 Å². The van der Waals surface area contributed by atoms with Gasteiger partial charge in [0.15, 0.2) is 0 Å². The van der Waals surface area contributed by atoms with E-state index in [0.29, 0.717) is 5.92 Å². The first-order valence-corrected chi connectivity index (χ1v) is 3.74. The molecule has 0 aromatic carbocycles. The quantitative estimate of drug-likeness (QED) is 0.518. The number of hydrogen-bond acceptors (Lipinski definition) is 1. The van der Waals surface area contributed by atoms with Crippen LogP contribution in [0.3, 0.4) is 0 Å². The third-order valence-corrected chi connectivity index (χ3v) is 1.36. The lowest BCUT2D eigenvalue weighted by molar-refractivity contribution is 0.155. The maximum absolute atomic E-state index is 5.21. The molecule has 0 aliphatic rings. The predicted octanol–water partition coefficient (Wildman–Crippen LogP) is 2.62. The lowest BCUT2D eigenvalue weighted by Gasteiger charge is -2.06. The summed E-state index contributed by atoms with van der Waals surface area (Å²) in [5, 5.41) is 0. The Labute approximate surface area is 58.4 Å². The van der Waals surface area contributed by atoms with Crippen LogP contribution in [0.25, 0.3) is 0 Å². The van der Waals surface area contributed by atoms with Crippen molar-refractivity contribution in [2.45, 2.75) is 33.6 Å². The second-order valence-electron chi connectivity index (χ2n) is 2.42. The third-order valence-electron chi connectivity index (χ3n) is 1.36. The second-order valence-corrected chi connectivity index (χ2v) is 2.42. The molecular formula is C8H17O. The van der Waals surface area contributed by atoms with E-state index < -0.39 is 0 Å². The summed E-state index contributed by atoms with van der Waals surface area (Å²) in [5.41, 5.74) is 0. The van der Waals surface area contributed by atoms with Gasteiger partial charge in [0, 0.05) is 6.61 Å². The summed E-state index contributed by atoms with van der Waals surface area (Å²) in [6.07, 6.45) is 2.22. The molecule has 0 aliphatic carbocycles. The van der Waals surface area contributed by atoms with E-state index >= 15 is 0 Å². The average molecular weight is 129 g/mol. The summed E-state index contributed by atoms with van der Waals surface area (Å²) in [6, 6.07) is 0. The molecule has 0 aromatic heterocycles. The summed E-state index contributed by atoms with van der Waals surface area (Å²) >= 11 is 0. The molecule has 9 heavy (non-hydrogen) atoms. The van der Waals surface area contributed by atoms with Crippen LogP contribution in [-0.2, 0) is 4.74 Å². The summed E-state index contributed by atoms with van der Waals surface area (Å²) in [5.74, 6) is 0.702. The van der Waals surface area contributed by atoms with Crippen molar-refractivity contribution in [3.63, 3.8) is 0 Å². The molecule has 0 heterocycles. The molecule has 0 N–H and O–H groups in total. The van der Waals surface area contributed by atoms with Gasteiger partial charge >= 0.3 is 0 Å². The summed E-state index contributed by atoms with van der Waals surface area (Å²) in [7, 11) is 0. The maximum atomic E-state index is 5.21. The second kappa shape index (κ2) is 6.09. The lowest BCUT2D eigenvalue weighted by atomic mass is 10.1. The van der Waals surface area contributed by atoms with E-state index in [1.165, 1.54) is 6.42 Å². The molecule has 0 bridgehead atoms. The van der Waals surface area contributed by atoms with Crippen molar-refractivity contribution in [2.24, 2.45) is 5.92 Å². The molecule has 0 aromatic rings. The van der Waals surface area contributed by atoms with Crippen molar-refractivity contribution < 1.29 is 4.74 Å². The summed E-state index contributed by atoms with van der Waals surface area (Å²) in [4.78, 5) is 0. The fourth-order valence-corrected chi connectivity index (χ4v) is 0.468. The normalized spacial score (nSPS) is 13.7. The van der Waals surface area contributed by atoms with Crippen LogP contribution in [0.2, 0.25) is 0 Å². The van der Waals surface area contributed by atoms with Crippen molar-refractivity contribution >= 4 is 0 Å². The zero-order chi connectivity index (χ0) is 7.11. The Morgan fingerprint density at radius 1 is 1.44 bits per heavy atom. The first-order valence-electron chi connectivity index (χ1n) is 3.74. The monoisotopic (exact) mass is 129 g/mol. The van der Waals surface area contributed by atoms with E-state index in [2.05, 4.69) is 20.8 Å². The Morgan fingerprint density at radius 2 is 2.11 bits per heavy atom. The van der Waals surface area contributed by atoms with Gasteiger partial charge in [-0.1, -0.05) is 27.2 Å². The van der Waals surface area contributed by atoms with E-state index in [4.69, 9.17) is 4.74 Å². The van der Waals surface area contributed by atoms with Crippen LogP contribution in [0.1, 0.15) is 33.6 Å². The highest BCUT2D eigenvalue weighted by Gasteiger charge is 1.96. The molecule has 0 spiro atoms. The van der Waals surface area contributed by atoms with E-state index in [1.807, 2.05) is 6.61 Å². The maximum Gasteiger partial charge on any atom is 0.0834 e. The minimum Gasteiger partial charge on any atom is -0.375 e. The van der Waals surface area contributed by atoms with E-state index in [0.717, 1.165) is 13.0 Å². The van der Waals surface area contributed by atoms with Crippen LogP contribution in [0.5, 0.6) is 0 Å². The smallest absolute Gasteiger partial charge is 0.0834 e. The van der Waals surface area contributed by atoms with Gasteiger partial charge in [-0.25, -0.2) is 0 Å². The standard InChI is InChI=1S/C8H17O/c1-4-6-9-7-8(3)5-2/h6,8H,4-5,7H2,1-3H3. The molecule has 1 atom stereocenters. The molecule has 1 nitrogen and oxygen atoms in total. The molecular weight excluding hydrogens is 112 g/mol. The zero-order valence-electron chi connectivity index (χ0n) is 6.68. The zero-order valence-corrected chi connectivity index (χ0v) is 6.68. The Kier molecular flexibility index (Phi) is 6.06. The highest BCUT2D eigenvalue weighted by molar-refractivity contribution is 4.50. The molecule has 0 fully saturated rings. The van der Waals surface area contributed by atoms with E-state index in [9.17, 15) is 0 Å². The van der Waals surface area contributed by atoms with Crippen LogP contribution in [-0.4, -0.2) is 6.61 Å². The lowest BCUT2D eigenvalue weighted by Crippen LogP contribution is -2.02. The van der Waals surface area contributed by atoms with Gasteiger partial charge in [0.25, 0.3) is 0 Å². The van der Waals surface area contributed by atoms with Crippen molar-refractivity contribution in [1.29, 1.82) is 0 Å². The molecule has 0 saturated carbocycles. The molecule has 1 radical (unpaired) electrons. The third kappa shape index (κ3) is 5.84. The van der Waals surface area contributed by atoms with Crippen molar-refractivity contribution in [2.75, 3.05) is 6.61 Å². The largest absolute Gasteiger partial charge is 0.375 e. The number of rotatable bonds is 5. The Hall–Kier alpha value is -0.0400. The first kappa shape index (κ1) is 8.96. The van der Waals surface area contributed by atoms with Crippen LogP contribution < -0.4 is 0 Å². The molecule has 0 rings (SSSR count). The molecule has 0 aliphatic heterocycles. The molecule has 0 saturated heterocycles. The SMILES string of the molecule is CC[CH]OCC(C)CC. The fourth-order valence-electron chi connectivity index (χ4n) is 0.468. The fraction of sp³-hybridized carbons (Fsp3) is 0.875. The molecule has 55 valence electrons.